The summed E-state index contributed by atoms with van der Waals surface area (Å²) in [4.78, 5) is 13.3. The van der Waals surface area contributed by atoms with Gasteiger partial charge < -0.3 is 10.0 Å². The molecule has 5 heteroatoms. The molecule has 0 saturated carbocycles. The summed E-state index contributed by atoms with van der Waals surface area (Å²) in [5, 5.41) is 8.71. The highest BCUT2D eigenvalue weighted by Crippen LogP contribution is 2.35. The highest BCUT2D eigenvalue weighted by atomic mass is 35.5. The van der Waals surface area contributed by atoms with Crippen molar-refractivity contribution >= 4 is 29.1 Å². The van der Waals surface area contributed by atoms with Gasteiger partial charge in [-0.2, -0.15) is 0 Å². The van der Waals surface area contributed by atoms with Gasteiger partial charge in [-0.1, -0.05) is 54.1 Å². The van der Waals surface area contributed by atoms with Crippen molar-refractivity contribution < 1.29 is 9.90 Å². The van der Waals surface area contributed by atoms with Gasteiger partial charge in [-0.25, -0.2) is 0 Å². The lowest BCUT2D eigenvalue weighted by Gasteiger charge is -2.29. The van der Waals surface area contributed by atoms with Crippen LogP contribution in [0.4, 0.5) is 0 Å². The number of likely N-dealkylation sites (N-methyl/N-ethyl adjacent to an activating group) is 1. The second-order valence-electron chi connectivity index (χ2n) is 6.43. The molecule has 0 spiro atoms. The van der Waals surface area contributed by atoms with Gasteiger partial charge in [0.15, 0.2) is 0 Å². The van der Waals surface area contributed by atoms with Crippen molar-refractivity contribution in [2.24, 2.45) is 0 Å². The van der Waals surface area contributed by atoms with Gasteiger partial charge in [0.05, 0.1) is 10.3 Å². The Balaban J connectivity index is 1.79. The monoisotopic (exact) mass is 381 g/mol. The number of alkyl halides is 2. The maximum Gasteiger partial charge on any atom is 0.222 e. The normalized spacial score (nSPS) is 22.6. The first-order chi connectivity index (χ1) is 11.9. The zero-order chi connectivity index (χ0) is 18.3. The van der Waals surface area contributed by atoms with Gasteiger partial charge in [0, 0.05) is 26.6 Å². The largest absolute Gasteiger partial charge is 0.396 e. The van der Waals surface area contributed by atoms with E-state index in [1.54, 1.807) is 4.90 Å². The van der Waals surface area contributed by atoms with Crippen LogP contribution >= 0.6 is 23.2 Å². The Labute approximate surface area is 159 Å². The number of halogens is 2. The van der Waals surface area contributed by atoms with E-state index in [0.29, 0.717) is 25.8 Å². The van der Waals surface area contributed by atoms with E-state index in [9.17, 15) is 4.79 Å². The van der Waals surface area contributed by atoms with Crippen LogP contribution in [0.5, 0.6) is 0 Å². The topological polar surface area (TPSA) is 40.5 Å². The van der Waals surface area contributed by atoms with E-state index < -0.39 is 4.87 Å². The molecule has 0 saturated heterocycles. The van der Waals surface area contributed by atoms with Crippen molar-refractivity contribution in [3.8, 4) is 0 Å². The molecule has 0 heterocycles. The van der Waals surface area contributed by atoms with Gasteiger partial charge in [0.1, 0.15) is 0 Å². The molecular weight excluding hydrogens is 357 g/mol. The van der Waals surface area contributed by atoms with E-state index in [2.05, 4.69) is 12.1 Å². The number of amides is 1. The number of aliphatic hydroxyl groups excluding tert-OH is 1. The standard InChI is InChI=1S/C20H25Cl2NO2/c1-23(13-10-16-5-3-2-4-6-16)19(25)8-7-17-9-11-20(22,12-14-24)18(21)15-17/h2-6,9,11,15,18,24H,7-8,10,12-14H2,1H3. The molecule has 1 aromatic rings. The van der Waals surface area contributed by atoms with E-state index in [-0.39, 0.29) is 17.9 Å². The van der Waals surface area contributed by atoms with Crippen LogP contribution in [-0.4, -0.2) is 46.4 Å². The summed E-state index contributed by atoms with van der Waals surface area (Å²) in [7, 11) is 1.84. The molecule has 25 heavy (non-hydrogen) atoms. The zero-order valence-electron chi connectivity index (χ0n) is 14.5. The number of hydrogen-bond donors (Lipinski definition) is 1. The van der Waals surface area contributed by atoms with Crippen molar-refractivity contribution in [2.45, 2.75) is 35.9 Å². The molecule has 2 unspecified atom stereocenters. The lowest BCUT2D eigenvalue weighted by molar-refractivity contribution is -0.129. The highest BCUT2D eigenvalue weighted by Gasteiger charge is 2.33. The first kappa shape index (κ1) is 20.0. The van der Waals surface area contributed by atoms with Crippen molar-refractivity contribution in [1.29, 1.82) is 0 Å². The minimum Gasteiger partial charge on any atom is -0.396 e. The lowest BCUT2D eigenvalue weighted by Crippen LogP contribution is -2.33. The van der Waals surface area contributed by atoms with Crippen LogP contribution < -0.4 is 0 Å². The fraction of sp³-hybridized carbons (Fsp3) is 0.450. The predicted molar refractivity (Wildman–Crippen MR) is 104 cm³/mol. The third kappa shape index (κ3) is 5.88. The first-order valence-corrected chi connectivity index (χ1v) is 9.38. The Bertz CT molecular complexity index is 630. The smallest absolute Gasteiger partial charge is 0.222 e. The van der Waals surface area contributed by atoms with Crippen molar-refractivity contribution in [1.82, 2.24) is 4.90 Å². The molecule has 0 aliphatic heterocycles. The van der Waals surface area contributed by atoms with Crippen molar-refractivity contribution in [2.75, 3.05) is 20.2 Å². The maximum atomic E-state index is 12.3. The molecule has 1 aliphatic rings. The number of carbonyl (C=O) groups is 1. The van der Waals surface area contributed by atoms with Crippen molar-refractivity contribution in [3.05, 3.63) is 59.7 Å². The van der Waals surface area contributed by atoms with Crippen LogP contribution in [0.15, 0.2) is 54.1 Å². The summed E-state index contributed by atoms with van der Waals surface area (Å²) >= 11 is 12.7. The average Bonchev–Trinajstić information content (AvgIpc) is 2.61. The number of hydrogen-bond acceptors (Lipinski definition) is 2. The summed E-state index contributed by atoms with van der Waals surface area (Å²) in [6.45, 7) is 0.697. The summed E-state index contributed by atoms with van der Waals surface area (Å²) in [5.41, 5.74) is 2.24. The second kappa shape index (κ2) is 9.42. The molecule has 3 nitrogen and oxygen atoms in total. The van der Waals surface area contributed by atoms with Gasteiger partial charge >= 0.3 is 0 Å². The fourth-order valence-electron chi connectivity index (χ4n) is 2.79. The molecule has 1 aliphatic carbocycles. The van der Waals surface area contributed by atoms with Crippen LogP contribution in [0.25, 0.3) is 0 Å². The number of allylic oxidation sites excluding steroid dienone is 4. The van der Waals surface area contributed by atoms with Crippen LogP contribution in [0.3, 0.4) is 0 Å². The van der Waals surface area contributed by atoms with Crippen LogP contribution in [0.2, 0.25) is 0 Å². The molecule has 2 rings (SSSR count). The van der Waals surface area contributed by atoms with Gasteiger partial charge in [-0.15, -0.1) is 23.2 Å². The van der Waals surface area contributed by atoms with E-state index in [1.807, 2.05) is 43.5 Å². The Morgan fingerprint density at radius 2 is 2.00 bits per heavy atom. The Morgan fingerprint density at radius 1 is 1.28 bits per heavy atom. The summed E-state index contributed by atoms with van der Waals surface area (Å²) in [6, 6.07) is 10.2. The number of benzene rings is 1. The molecule has 0 fully saturated rings. The highest BCUT2D eigenvalue weighted by molar-refractivity contribution is 6.34. The van der Waals surface area contributed by atoms with Gasteiger partial charge in [-0.05, 0) is 24.8 Å². The van der Waals surface area contributed by atoms with Crippen molar-refractivity contribution in [3.63, 3.8) is 0 Å². The van der Waals surface area contributed by atoms with E-state index in [0.717, 1.165) is 12.0 Å². The number of carbonyl (C=O) groups excluding carboxylic acids is 1. The Hall–Kier alpha value is -1.29. The van der Waals surface area contributed by atoms with Gasteiger partial charge in [0.2, 0.25) is 5.91 Å². The average molecular weight is 382 g/mol. The minimum atomic E-state index is -0.740. The van der Waals surface area contributed by atoms with Crippen LogP contribution in [0.1, 0.15) is 24.8 Å². The third-order valence-corrected chi connectivity index (χ3v) is 5.70. The SMILES string of the molecule is CN(CCc1ccccc1)C(=O)CCC1=CC(Cl)C(Cl)(CCO)C=C1. The number of aliphatic hydroxyl groups is 1. The predicted octanol–water partition coefficient (Wildman–Crippen LogP) is 3.93. The first-order valence-electron chi connectivity index (χ1n) is 8.56. The summed E-state index contributed by atoms with van der Waals surface area (Å²) in [5.74, 6) is 0.120. The summed E-state index contributed by atoms with van der Waals surface area (Å²) in [6.07, 6.45) is 7.98. The van der Waals surface area contributed by atoms with Crippen LogP contribution in [0, 0.1) is 0 Å². The molecule has 0 aromatic heterocycles. The lowest BCUT2D eigenvalue weighted by atomic mass is 9.91. The van der Waals surface area contributed by atoms with Gasteiger partial charge in [-0.3, -0.25) is 4.79 Å². The quantitative estimate of drug-likeness (QED) is 0.692. The van der Waals surface area contributed by atoms with Crippen LogP contribution in [-0.2, 0) is 11.2 Å². The zero-order valence-corrected chi connectivity index (χ0v) is 16.0. The Morgan fingerprint density at radius 3 is 2.64 bits per heavy atom. The van der Waals surface area contributed by atoms with E-state index in [1.165, 1.54) is 5.56 Å². The molecule has 1 aromatic carbocycles. The molecular formula is C20H25Cl2NO2. The second-order valence-corrected chi connectivity index (χ2v) is 7.60. The van der Waals surface area contributed by atoms with Gasteiger partial charge in [0.25, 0.3) is 0 Å². The maximum absolute atomic E-state index is 12.3. The molecule has 1 amide bonds. The molecule has 136 valence electrons. The fourth-order valence-corrected chi connectivity index (χ4v) is 3.34. The van der Waals surface area contributed by atoms with E-state index in [4.69, 9.17) is 28.3 Å². The number of nitrogens with zero attached hydrogens (tertiary/aromatic N) is 1. The summed E-state index contributed by atoms with van der Waals surface area (Å²) < 4.78 is 0. The number of rotatable bonds is 8. The molecule has 1 N–H and O–H groups in total. The molecule has 0 radical (unpaired) electrons. The molecule has 2 atom stereocenters. The van der Waals surface area contributed by atoms with E-state index >= 15 is 0 Å². The Kier molecular flexibility index (Phi) is 7.55. The molecule has 0 bridgehead atoms. The third-order valence-electron chi connectivity index (χ3n) is 4.52. The minimum absolute atomic E-state index is 0.00900.